The third-order valence-electron chi connectivity index (χ3n) is 4.38. The lowest BCUT2D eigenvalue weighted by molar-refractivity contribution is 0.275. The van der Waals surface area contributed by atoms with Crippen LogP contribution in [0.25, 0.3) is 4.96 Å². The molecule has 0 amide bonds. The minimum Gasteiger partial charge on any atom is -0.492 e. The van der Waals surface area contributed by atoms with Gasteiger partial charge in [0.1, 0.15) is 5.82 Å². The molecule has 5 nitrogen and oxygen atoms in total. The maximum absolute atomic E-state index is 13.8. The number of nitrogens with zero attached hydrogens (tertiary/aromatic N) is 4. The van der Waals surface area contributed by atoms with Gasteiger partial charge in [0.2, 0.25) is 10.8 Å². The number of thiazole rings is 1. The van der Waals surface area contributed by atoms with E-state index < -0.39 is 23.5 Å². The van der Waals surface area contributed by atoms with Gasteiger partial charge in [0, 0.05) is 0 Å². The van der Waals surface area contributed by atoms with Crippen LogP contribution in [0.5, 0.6) is 5.88 Å². The van der Waals surface area contributed by atoms with Crippen molar-refractivity contribution >= 4 is 16.3 Å². The third kappa shape index (κ3) is 2.67. The van der Waals surface area contributed by atoms with Gasteiger partial charge in [-0.15, -0.1) is 5.10 Å². The summed E-state index contributed by atoms with van der Waals surface area (Å²) in [5.74, 6) is -3.57. The van der Waals surface area contributed by atoms with Gasteiger partial charge in [0.25, 0.3) is 0 Å². The van der Waals surface area contributed by atoms with Crippen LogP contribution < -0.4 is 0 Å². The lowest BCUT2D eigenvalue weighted by Crippen LogP contribution is -2.26. The van der Waals surface area contributed by atoms with Crippen molar-refractivity contribution in [2.45, 2.75) is 25.8 Å². The van der Waals surface area contributed by atoms with Crippen LogP contribution in [-0.4, -0.2) is 37.7 Å². The Hall–Kier alpha value is -2.13. The van der Waals surface area contributed by atoms with E-state index in [1.54, 1.807) is 6.92 Å². The predicted molar refractivity (Wildman–Crippen MR) is 86.2 cm³/mol. The fourth-order valence-corrected chi connectivity index (χ4v) is 4.45. The van der Waals surface area contributed by atoms with Crippen molar-refractivity contribution in [2.75, 3.05) is 13.1 Å². The normalized spacial score (nSPS) is 16.8. The molecule has 1 aliphatic heterocycles. The monoisotopic (exact) mass is 368 g/mol. The quantitative estimate of drug-likeness (QED) is 0.720. The summed E-state index contributed by atoms with van der Waals surface area (Å²) >= 11 is 1.21. The molecule has 1 N–H and O–H groups in total. The zero-order chi connectivity index (χ0) is 17.7. The Bertz CT molecular complexity index is 925. The molecule has 0 spiro atoms. The van der Waals surface area contributed by atoms with Crippen LogP contribution in [0.3, 0.4) is 0 Å². The number of hydrogen-bond acceptors (Lipinski definition) is 5. The summed E-state index contributed by atoms with van der Waals surface area (Å²) in [5.41, 5.74) is 0.259. The SMILES string of the molecule is Cc1nc2sc([C@@H](c3cc(F)c(F)c(F)c3)N3CCCC3)c(O)n2n1. The van der Waals surface area contributed by atoms with Gasteiger partial charge in [0.15, 0.2) is 17.5 Å². The highest BCUT2D eigenvalue weighted by Crippen LogP contribution is 2.41. The van der Waals surface area contributed by atoms with Gasteiger partial charge < -0.3 is 5.11 Å². The first-order valence-electron chi connectivity index (χ1n) is 7.89. The van der Waals surface area contributed by atoms with E-state index in [2.05, 4.69) is 10.1 Å². The second-order valence-electron chi connectivity index (χ2n) is 6.09. The molecule has 132 valence electrons. The highest BCUT2D eigenvalue weighted by molar-refractivity contribution is 7.17. The number of likely N-dealkylation sites (tertiary alicyclic amines) is 1. The minimum absolute atomic E-state index is 0.109. The van der Waals surface area contributed by atoms with Gasteiger partial charge in [0.05, 0.1) is 10.9 Å². The van der Waals surface area contributed by atoms with Crippen LogP contribution in [0.15, 0.2) is 12.1 Å². The van der Waals surface area contributed by atoms with Crippen LogP contribution in [-0.2, 0) is 0 Å². The summed E-state index contributed by atoms with van der Waals surface area (Å²) in [6.07, 6.45) is 1.90. The molecule has 0 radical (unpaired) electrons. The maximum Gasteiger partial charge on any atom is 0.230 e. The zero-order valence-electron chi connectivity index (χ0n) is 13.3. The van der Waals surface area contributed by atoms with Crippen molar-refractivity contribution in [1.82, 2.24) is 19.5 Å². The molecule has 1 fully saturated rings. The van der Waals surface area contributed by atoms with Crippen molar-refractivity contribution in [3.63, 3.8) is 0 Å². The molecule has 0 bridgehead atoms. The summed E-state index contributed by atoms with van der Waals surface area (Å²) in [6.45, 7) is 3.15. The number of halogens is 3. The first-order chi connectivity index (χ1) is 12.0. The number of aromatic hydroxyl groups is 1. The molecule has 25 heavy (non-hydrogen) atoms. The molecule has 3 aromatic rings. The van der Waals surface area contributed by atoms with Crippen molar-refractivity contribution < 1.29 is 18.3 Å². The lowest BCUT2D eigenvalue weighted by Gasteiger charge is -2.27. The molecular weight excluding hydrogens is 353 g/mol. The predicted octanol–water partition coefficient (Wildman–Crippen LogP) is 3.41. The van der Waals surface area contributed by atoms with Crippen molar-refractivity contribution in [3.05, 3.63) is 45.8 Å². The number of benzene rings is 1. The van der Waals surface area contributed by atoms with E-state index in [4.69, 9.17) is 0 Å². The molecule has 4 rings (SSSR count). The summed E-state index contributed by atoms with van der Waals surface area (Å²) < 4.78 is 42.2. The van der Waals surface area contributed by atoms with Crippen LogP contribution in [0.2, 0.25) is 0 Å². The number of fused-ring (bicyclic) bond motifs is 1. The lowest BCUT2D eigenvalue weighted by atomic mass is 10.0. The van der Waals surface area contributed by atoms with E-state index in [0.29, 0.717) is 15.7 Å². The standard InChI is InChI=1S/C16H15F3N4OS/c1-8-20-16-23(21-8)15(24)14(25-16)13(22-4-2-3-5-22)9-6-10(17)12(19)11(18)7-9/h6-7,13,24H,2-5H2,1H3/t13-/m1/s1. The van der Waals surface area contributed by atoms with Gasteiger partial charge >= 0.3 is 0 Å². The molecule has 3 heterocycles. The molecule has 1 aliphatic rings. The average Bonchev–Trinajstić information content (AvgIpc) is 3.26. The van der Waals surface area contributed by atoms with Crippen molar-refractivity contribution in [2.24, 2.45) is 0 Å². The smallest absolute Gasteiger partial charge is 0.230 e. The third-order valence-corrected chi connectivity index (χ3v) is 5.45. The van der Waals surface area contributed by atoms with Gasteiger partial charge in [-0.3, -0.25) is 4.90 Å². The van der Waals surface area contributed by atoms with E-state index in [0.717, 1.165) is 38.1 Å². The second-order valence-corrected chi connectivity index (χ2v) is 7.10. The second kappa shape index (κ2) is 5.99. The number of rotatable bonds is 3. The number of aryl methyl sites for hydroxylation is 1. The molecule has 2 aromatic heterocycles. The number of hydrogen-bond donors (Lipinski definition) is 1. The van der Waals surface area contributed by atoms with E-state index in [1.165, 1.54) is 15.9 Å². The highest BCUT2D eigenvalue weighted by atomic mass is 32.1. The first-order valence-corrected chi connectivity index (χ1v) is 8.71. The average molecular weight is 368 g/mol. The largest absolute Gasteiger partial charge is 0.492 e. The molecule has 0 saturated carbocycles. The molecule has 1 atom stereocenters. The number of aromatic nitrogens is 3. The first kappa shape index (κ1) is 16.3. The topological polar surface area (TPSA) is 53.7 Å². The molecule has 1 saturated heterocycles. The molecule has 0 unspecified atom stereocenters. The molecule has 0 aliphatic carbocycles. The summed E-state index contributed by atoms with van der Waals surface area (Å²) in [5, 5.41) is 14.7. The highest BCUT2D eigenvalue weighted by Gasteiger charge is 2.32. The van der Waals surface area contributed by atoms with Crippen LogP contribution >= 0.6 is 11.3 Å². The van der Waals surface area contributed by atoms with Crippen LogP contribution in [0, 0.1) is 24.4 Å². The Kier molecular flexibility index (Phi) is 3.92. The van der Waals surface area contributed by atoms with Crippen LogP contribution in [0.1, 0.15) is 35.1 Å². The van der Waals surface area contributed by atoms with E-state index in [1.807, 2.05) is 4.90 Å². The van der Waals surface area contributed by atoms with Gasteiger partial charge in [-0.1, -0.05) is 11.3 Å². The van der Waals surface area contributed by atoms with Crippen LogP contribution in [0.4, 0.5) is 13.2 Å². The van der Waals surface area contributed by atoms with Gasteiger partial charge in [-0.25, -0.2) is 18.2 Å². The fourth-order valence-electron chi connectivity index (χ4n) is 3.29. The van der Waals surface area contributed by atoms with Gasteiger partial charge in [-0.05, 0) is 50.6 Å². The molecular formula is C16H15F3N4OS. The Balaban J connectivity index is 1.88. The molecule has 9 heteroatoms. The summed E-state index contributed by atoms with van der Waals surface area (Å²) in [6, 6.07) is 1.39. The molecule has 1 aromatic carbocycles. The maximum atomic E-state index is 13.8. The van der Waals surface area contributed by atoms with E-state index in [9.17, 15) is 18.3 Å². The van der Waals surface area contributed by atoms with Gasteiger partial charge in [-0.2, -0.15) is 4.52 Å². The Morgan fingerprint density at radius 3 is 2.40 bits per heavy atom. The zero-order valence-corrected chi connectivity index (χ0v) is 14.2. The van der Waals surface area contributed by atoms with E-state index >= 15 is 0 Å². The Morgan fingerprint density at radius 2 is 1.80 bits per heavy atom. The minimum atomic E-state index is -1.49. The van der Waals surface area contributed by atoms with E-state index in [-0.39, 0.29) is 11.4 Å². The van der Waals surface area contributed by atoms with Crippen molar-refractivity contribution in [1.29, 1.82) is 0 Å². The fraction of sp³-hybridized carbons (Fsp3) is 0.375. The Labute approximate surface area is 145 Å². The summed E-state index contributed by atoms with van der Waals surface area (Å²) in [7, 11) is 0. The van der Waals surface area contributed by atoms with Crippen molar-refractivity contribution in [3.8, 4) is 5.88 Å². The Morgan fingerprint density at radius 1 is 1.16 bits per heavy atom. The summed E-state index contributed by atoms with van der Waals surface area (Å²) in [4.78, 5) is 7.23.